The maximum Gasteiger partial charge on any atom is 0.305 e. The van der Waals surface area contributed by atoms with Crippen LogP contribution in [0.2, 0.25) is 0 Å². The minimum Gasteiger partial charge on any atom is -0.469 e. The number of carbonyl (C=O) groups is 1. The van der Waals surface area contributed by atoms with E-state index in [0.717, 1.165) is 76.1 Å². The summed E-state index contributed by atoms with van der Waals surface area (Å²) in [7, 11) is -2.08. The number of methoxy groups -OCH3 is 1. The number of hydrogen-bond acceptors (Lipinski definition) is 9. The van der Waals surface area contributed by atoms with Crippen molar-refractivity contribution >= 4 is 21.5 Å². The van der Waals surface area contributed by atoms with E-state index in [0.29, 0.717) is 26.2 Å². The topological polar surface area (TPSA) is 88.6 Å². The van der Waals surface area contributed by atoms with Crippen LogP contribution in [0.25, 0.3) is 0 Å². The van der Waals surface area contributed by atoms with Crippen LogP contribution in [0, 0.1) is 23.6 Å². The summed E-state index contributed by atoms with van der Waals surface area (Å²) >= 11 is 0. The predicted octanol–water partition coefficient (Wildman–Crippen LogP) is 4.88. The molecule has 7 rings (SSSR count). The van der Waals surface area contributed by atoms with E-state index in [9.17, 15) is 17.6 Å². The van der Waals surface area contributed by atoms with Gasteiger partial charge in [-0.05, 0) is 118 Å². The highest BCUT2D eigenvalue weighted by Gasteiger charge is 2.53. The fourth-order valence-corrected chi connectivity index (χ4v) is 11.2. The van der Waals surface area contributed by atoms with Crippen LogP contribution in [-0.4, -0.2) is 121 Å². The molecule has 4 atom stereocenters. The second-order valence-electron chi connectivity index (χ2n) is 15.7. The summed E-state index contributed by atoms with van der Waals surface area (Å²) in [5.74, 6) is 0.165. The number of carbonyl (C=O) groups excluding carboxylic acids is 1. The SMILES string of the molecule is COC(=O)C[C@H]1CCC[C@@H]1[C@](CN1CCC1)(c1cccc(F)c1)C1CCN(CC2(F)CN(c3ccc(S(=O)(=O)C[C@@H]4COCCO4)cc3)C2)CC1. The predicted molar refractivity (Wildman–Crippen MR) is 191 cm³/mol. The number of benzene rings is 2. The number of nitrogens with zero attached hydrogens (tertiary/aromatic N) is 3. The number of piperidine rings is 1. The zero-order valence-electron chi connectivity index (χ0n) is 29.8. The standard InChI is InChI=1S/C39H53F2N3O6S/c1-48-37(45)21-29-5-2-8-36(29)39(28-42-15-4-16-42,31-6-3-7-32(40)22-31)30-13-17-43(18-14-30)25-38(41)26-44(27-38)33-9-11-35(12-10-33)51(46,47)24-34-23-49-19-20-50-34/h3,6-7,9-12,22,29-30,34,36H,2,4-5,8,13-21,23-28H2,1H3/t29-,34+,36+,39+/m1/s1. The minimum atomic E-state index is -3.53. The molecule has 5 aliphatic rings. The minimum absolute atomic E-state index is 0.128. The van der Waals surface area contributed by atoms with E-state index in [4.69, 9.17) is 14.2 Å². The van der Waals surface area contributed by atoms with Gasteiger partial charge in [0.2, 0.25) is 0 Å². The molecule has 4 heterocycles. The maximum atomic E-state index is 16.2. The van der Waals surface area contributed by atoms with Gasteiger partial charge in [0, 0.05) is 30.6 Å². The summed E-state index contributed by atoms with van der Waals surface area (Å²) in [6.07, 6.45) is 5.89. The molecule has 9 nitrogen and oxygen atoms in total. The Kier molecular flexibility index (Phi) is 11.1. The van der Waals surface area contributed by atoms with Crippen LogP contribution in [0.15, 0.2) is 53.4 Å². The number of likely N-dealkylation sites (tertiary alicyclic amines) is 2. The second kappa shape index (κ2) is 15.4. The van der Waals surface area contributed by atoms with Crippen molar-refractivity contribution in [1.82, 2.24) is 9.80 Å². The summed E-state index contributed by atoms with van der Waals surface area (Å²) in [6, 6.07) is 13.9. The van der Waals surface area contributed by atoms with Gasteiger partial charge in [0.25, 0.3) is 0 Å². The van der Waals surface area contributed by atoms with Crippen LogP contribution in [0.5, 0.6) is 0 Å². The van der Waals surface area contributed by atoms with Crippen LogP contribution >= 0.6 is 0 Å². The third-order valence-electron chi connectivity index (χ3n) is 12.4. The Morgan fingerprint density at radius 3 is 2.39 bits per heavy atom. The Bertz CT molecular complexity index is 1600. The highest BCUT2D eigenvalue weighted by atomic mass is 32.2. The molecule has 51 heavy (non-hydrogen) atoms. The first-order valence-corrected chi connectivity index (χ1v) is 20.5. The number of halogens is 2. The zero-order chi connectivity index (χ0) is 35.6. The molecule has 1 aliphatic carbocycles. The largest absolute Gasteiger partial charge is 0.469 e. The van der Waals surface area contributed by atoms with E-state index < -0.39 is 21.6 Å². The van der Waals surface area contributed by atoms with Gasteiger partial charge >= 0.3 is 5.97 Å². The van der Waals surface area contributed by atoms with Gasteiger partial charge in [-0.3, -0.25) is 9.69 Å². The Morgan fingerprint density at radius 2 is 1.75 bits per heavy atom. The zero-order valence-corrected chi connectivity index (χ0v) is 30.6. The number of esters is 1. The molecule has 0 aromatic heterocycles. The van der Waals surface area contributed by atoms with E-state index in [-0.39, 0.29) is 65.3 Å². The normalized spacial score (nSPS) is 27.4. The van der Waals surface area contributed by atoms with Gasteiger partial charge in [0.05, 0.1) is 56.8 Å². The van der Waals surface area contributed by atoms with Crippen molar-refractivity contribution in [2.24, 2.45) is 17.8 Å². The Morgan fingerprint density at radius 1 is 0.980 bits per heavy atom. The number of sulfone groups is 1. The molecule has 4 saturated heterocycles. The molecule has 0 amide bonds. The van der Waals surface area contributed by atoms with Crippen LogP contribution in [0.3, 0.4) is 0 Å². The number of ether oxygens (including phenoxy) is 3. The summed E-state index contributed by atoms with van der Waals surface area (Å²) in [5.41, 5.74) is 0.189. The first-order chi connectivity index (χ1) is 24.6. The Labute approximate surface area is 301 Å². The molecule has 2 aromatic rings. The lowest BCUT2D eigenvalue weighted by molar-refractivity contribution is -0.142. The third-order valence-corrected chi connectivity index (χ3v) is 14.2. The van der Waals surface area contributed by atoms with E-state index in [1.54, 1.807) is 30.3 Å². The molecule has 0 spiro atoms. The summed E-state index contributed by atoms with van der Waals surface area (Å²) in [4.78, 5) is 19.5. The van der Waals surface area contributed by atoms with Crippen molar-refractivity contribution in [3.8, 4) is 0 Å². The molecule has 4 aliphatic heterocycles. The molecular formula is C39H53F2N3O6S. The number of alkyl halides is 1. The van der Waals surface area contributed by atoms with Crippen LogP contribution < -0.4 is 4.90 Å². The lowest BCUT2D eigenvalue weighted by Crippen LogP contribution is -2.64. The van der Waals surface area contributed by atoms with E-state index >= 15 is 4.39 Å². The quantitative estimate of drug-likeness (QED) is 0.268. The Balaban J connectivity index is 1.01. The number of anilines is 1. The van der Waals surface area contributed by atoms with Gasteiger partial charge in [0.15, 0.2) is 15.5 Å². The highest BCUT2D eigenvalue weighted by Crippen LogP contribution is 2.54. The second-order valence-corrected chi connectivity index (χ2v) is 17.7. The number of hydrogen-bond donors (Lipinski definition) is 0. The lowest BCUT2D eigenvalue weighted by Gasteiger charge is -2.54. The van der Waals surface area contributed by atoms with Gasteiger partial charge < -0.3 is 24.0 Å². The Hall–Kier alpha value is -2.64. The third kappa shape index (κ3) is 8.00. The molecule has 0 unspecified atom stereocenters. The van der Waals surface area contributed by atoms with Crippen molar-refractivity contribution in [2.75, 3.05) is 89.9 Å². The molecule has 5 fully saturated rings. The lowest BCUT2D eigenvalue weighted by atomic mass is 9.56. The monoisotopic (exact) mass is 729 g/mol. The highest BCUT2D eigenvalue weighted by molar-refractivity contribution is 7.91. The first-order valence-electron chi connectivity index (χ1n) is 18.8. The average Bonchev–Trinajstić information content (AvgIpc) is 3.56. The molecule has 0 bridgehead atoms. The van der Waals surface area contributed by atoms with E-state index in [2.05, 4.69) is 15.9 Å². The molecule has 0 radical (unpaired) electrons. The maximum absolute atomic E-state index is 16.2. The van der Waals surface area contributed by atoms with Gasteiger partial charge in [-0.1, -0.05) is 18.6 Å². The fourth-order valence-electron chi connectivity index (χ4n) is 9.80. The van der Waals surface area contributed by atoms with Gasteiger partial charge in [0.1, 0.15) is 5.82 Å². The molecule has 1 saturated carbocycles. The van der Waals surface area contributed by atoms with Crippen molar-refractivity contribution in [1.29, 1.82) is 0 Å². The van der Waals surface area contributed by atoms with Gasteiger partial charge in [-0.15, -0.1) is 0 Å². The molecule has 0 N–H and O–H groups in total. The van der Waals surface area contributed by atoms with E-state index in [1.807, 2.05) is 11.0 Å². The first kappa shape index (κ1) is 36.7. The van der Waals surface area contributed by atoms with Gasteiger partial charge in [-0.2, -0.15) is 0 Å². The van der Waals surface area contributed by atoms with E-state index in [1.165, 1.54) is 19.6 Å². The smallest absolute Gasteiger partial charge is 0.305 e. The summed E-state index contributed by atoms with van der Waals surface area (Å²) in [5, 5.41) is 0. The van der Waals surface area contributed by atoms with Crippen molar-refractivity contribution < 1.29 is 36.2 Å². The molecule has 280 valence electrons. The van der Waals surface area contributed by atoms with Crippen molar-refractivity contribution in [2.45, 2.75) is 67.0 Å². The van der Waals surface area contributed by atoms with Crippen LogP contribution in [0.4, 0.5) is 14.5 Å². The van der Waals surface area contributed by atoms with Crippen LogP contribution in [-0.2, 0) is 34.3 Å². The summed E-state index contributed by atoms with van der Waals surface area (Å²) in [6.45, 7) is 6.46. The van der Waals surface area contributed by atoms with Crippen LogP contribution in [0.1, 0.15) is 50.5 Å². The number of rotatable bonds is 13. The van der Waals surface area contributed by atoms with Crippen molar-refractivity contribution in [3.63, 3.8) is 0 Å². The molecular weight excluding hydrogens is 677 g/mol. The molecule has 2 aromatic carbocycles. The molecule has 12 heteroatoms. The van der Waals surface area contributed by atoms with Crippen molar-refractivity contribution in [3.05, 3.63) is 59.9 Å². The van der Waals surface area contributed by atoms with Gasteiger partial charge in [-0.25, -0.2) is 17.2 Å². The average molecular weight is 730 g/mol. The summed E-state index contributed by atoms with van der Waals surface area (Å²) < 4.78 is 73.0. The fraction of sp³-hybridized carbons (Fsp3) is 0.667.